The monoisotopic (exact) mass is 327 g/mol. The fraction of sp³-hybridized carbons (Fsp3) is 0.571. The fourth-order valence-electron chi connectivity index (χ4n) is 2.28. The summed E-state index contributed by atoms with van der Waals surface area (Å²) >= 11 is 3.34. The molecule has 2 rings (SSSR count). The molecule has 104 valence electrons. The lowest BCUT2D eigenvalue weighted by atomic mass is 9.87. The summed E-state index contributed by atoms with van der Waals surface area (Å²) in [5, 5.41) is 0. The van der Waals surface area contributed by atoms with Gasteiger partial charge in [0.1, 0.15) is 6.10 Å². The van der Waals surface area contributed by atoms with E-state index in [1.807, 2.05) is 19.1 Å². The summed E-state index contributed by atoms with van der Waals surface area (Å²) in [5.74, 6) is 0.614. The Hall–Kier alpha value is -1.10. The molecule has 1 aromatic rings. The Morgan fingerprint density at radius 1 is 1.37 bits per heavy atom. The van der Waals surface area contributed by atoms with Crippen molar-refractivity contribution in [1.29, 1.82) is 0 Å². The van der Waals surface area contributed by atoms with E-state index in [0.717, 1.165) is 30.2 Å². The molecule has 0 unspecified atom stereocenters. The van der Waals surface area contributed by atoms with Crippen molar-refractivity contribution in [3.8, 4) is 5.88 Å². The quantitative estimate of drug-likeness (QED) is 0.796. The second-order valence-electron chi connectivity index (χ2n) is 4.66. The Morgan fingerprint density at radius 3 is 2.68 bits per heavy atom. The number of pyridine rings is 1. The van der Waals surface area contributed by atoms with Crippen molar-refractivity contribution in [2.75, 3.05) is 6.61 Å². The van der Waals surface area contributed by atoms with Crippen molar-refractivity contribution in [3.63, 3.8) is 0 Å². The standard InChI is InChI=1S/C14H18BrNO3/c1-2-18-14(17)10-3-6-12(7-4-10)19-13-8-5-11(15)9-16-13/h5,8-10,12H,2-4,6-7H2,1H3/t10-,12+. The smallest absolute Gasteiger partial charge is 0.308 e. The van der Waals surface area contributed by atoms with E-state index in [9.17, 15) is 4.79 Å². The third kappa shape index (κ3) is 4.20. The van der Waals surface area contributed by atoms with Crippen LogP contribution in [0.1, 0.15) is 32.6 Å². The number of ether oxygens (including phenoxy) is 2. The molecule has 1 aliphatic carbocycles. The zero-order chi connectivity index (χ0) is 13.7. The first-order valence-corrected chi connectivity index (χ1v) is 7.43. The van der Waals surface area contributed by atoms with Crippen LogP contribution in [-0.4, -0.2) is 23.7 Å². The molecule has 0 radical (unpaired) electrons. The minimum atomic E-state index is -0.0669. The van der Waals surface area contributed by atoms with Gasteiger partial charge in [0.05, 0.1) is 12.5 Å². The second-order valence-corrected chi connectivity index (χ2v) is 5.57. The number of hydrogen-bond donors (Lipinski definition) is 0. The number of halogens is 1. The molecule has 5 heteroatoms. The van der Waals surface area contributed by atoms with E-state index in [4.69, 9.17) is 9.47 Å². The number of rotatable bonds is 4. The summed E-state index contributed by atoms with van der Waals surface area (Å²) in [7, 11) is 0. The Kier molecular flexibility index (Phi) is 5.19. The molecule has 1 heterocycles. The highest BCUT2D eigenvalue weighted by atomic mass is 79.9. The van der Waals surface area contributed by atoms with Crippen molar-refractivity contribution < 1.29 is 14.3 Å². The number of carbonyl (C=O) groups is 1. The molecule has 0 aromatic carbocycles. The van der Waals surface area contributed by atoms with Gasteiger partial charge in [-0.25, -0.2) is 4.98 Å². The Labute approximate surface area is 121 Å². The van der Waals surface area contributed by atoms with E-state index in [1.165, 1.54) is 0 Å². The summed E-state index contributed by atoms with van der Waals surface area (Å²) < 4.78 is 11.8. The topological polar surface area (TPSA) is 48.4 Å². The molecule has 1 aromatic heterocycles. The fourth-order valence-corrected chi connectivity index (χ4v) is 2.51. The Bertz CT molecular complexity index is 413. The van der Waals surface area contributed by atoms with E-state index >= 15 is 0 Å². The van der Waals surface area contributed by atoms with Crippen molar-refractivity contribution in [2.24, 2.45) is 5.92 Å². The van der Waals surface area contributed by atoms with Crippen LogP contribution in [0.15, 0.2) is 22.8 Å². The third-order valence-electron chi connectivity index (χ3n) is 3.28. The molecule has 4 nitrogen and oxygen atoms in total. The lowest BCUT2D eigenvalue weighted by molar-refractivity contribution is -0.149. The van der Waals surface area contributed by atoms with Crippen LogP contribution in [-0.2, 0) is 9.53 Å². The van der Waals surface area contributed by atoms with Gasteiger partial charge < -0.3 is 9.47 Å². The van der Waals surface area contributed by atoms with Crippen molar-refractivity contribution in [2.45, 2.75) is 38.7 Å². The number of aromatic nitrogens is 1. The molecule has 0 spiro atoms. The average Bonchev–Trinajstić information content (AvgIpc) is 2.42. The van der Waals surface area contributed by atoms with E-state index in [0.29, 0.717) is 12.5 Å². The Balaban J connectivity index is 1.80. The first kappa shape index (κ1) is 14.3. The van der Waals surface area contributed by atoms with Crippen molar-refractivity contribution in [1.82, 2.24) is 4.98 Å². The maximum atomic E-state index is 11.6. The van der Waals surface area contributed by atoms with Gasteiger partial charge in [0.25, 0.3) is 0 Å². The highest BCUT2D eigenvalue weighted by Gasteiger charge is 2.28. The average molecular weight is 328 g/mol. The predicted octanol–water partition coefficient (Wildman–Crippen LogP) is 3.34. The van der Waals surface area contributed by atoms with Crippen LogP contribution < -0.4 is 4.74 Å². The molecule has 1 saturated carbocycles. The lowest BCUT2D eigenvalue weighted by Crippen LogP contribution is -2.29. The molecule has 0 N–H and O–H groups in total. The third-order valence-corrected chi connectivity index (χ3v) is 3.75. The zero-order valence-corrected chi connectivity index (χ0v) is 12.6. The van der Waals surface area contributed by atoms with Gasteiger partial charge in [0.15, 0.2) is 0 Å². The van der Waals surface area contributed by atoms with Gasteiger partial charge in [-0.3, -0.25) is 4.79 Å². The molecular formula is C14H18BrNO3. The number of nitrogens with zero attached hydrogens (tertiary/aromatic N) is 1. The van der Waals surface area contributed by atoms with Crippen LogP contribution in [0.2, 0.25) is 0 Å². The second kappa shape index (κ2) is 6.89. The van der Waals surface area contributed by atoms with Gasteiger partial charge in [-0.1, -0.05) is 0 Å². The SMILES string of the molecule is CCOC(=O)[C@H]1CC[C@@H](Oc2ccc(Br)cn2)CC1. The summed E-state index contributed by atoms with van der Waals surface area (Å²) in [6.45, 7) is 2.30. The minimum absolute atomic E-state index is 0.0395. The van der Waals surface area contributed by atoms with Crippen molar-refractivity contribution in [3.05, 3.63) is 22.8 Å². The molecule has 1 aliphatic rings. The molecular weight excluding hydrogens is 310 g/mol. The first-order chi connectivity index (χ1) is 9.19. The van der Waals surface area contributed by atoms with Crippen LogP contribution in [0.4, 0.5) is 0 Å². The predicted molar refractivity (Wildman–Crippen MR) is 74.9 cm³/mol. The van der Waals surface area contributed by atoms with Crippen molar-refractivity contribution >= 4 is 21.9 Å². The molecule has 0 saturated heterocycles. The summed E-state index contributed by atoms with van der Waals surface area (Å²) in [5.41, 5.74) is 0. The molecule has 0 atom stereocenters. The van der Waals surface area contributed by atoms with Gasteiger partial charge in [-0.05, 0) is 54.6 Å². The van der Waals surface area contributed by atoms with Crippen LogP contribution in [0.25, 0.3) is 0 Å². The van der Waals surface area contributed by atoms with Gasteiger partial charge in [0, 0.05) is 16.7 Å². The zero-order valence-electron chi connectivity index (χ0n) is 11.0. The Morgan fingerprint density at radius 2 is 2.11 bits per heavy atom. The van der Waals surface area contributed by atoms with Crippen LogP contribution in [0.5, 0.6) is 5.88 Å². The molecule has 0 aliphatic heterocycles. The molecule has 0 amide bonds. The van der Waals surface area contributed by atoms with E-state index in [2.05, 4.69) is 20.9 Å². The lowest BCUT2D eigenvalue weighted by Gasteiger charge is -2.27. The largest absolute Gasteiger partial charge is 0.474 e. The van der Waals surface area contributed by atoms with Crippen LogP contribution >= 0.6 is 15.9 Å². The maximum absolute atomic E-state index is 11.6. The molecule has 0 bridgehead atoms. The van der Waals surface area contributed by atoms with Gasteiger partial charge >= 0.3 is 5.97 Å². The number of hydrogen-bond acceptors (Lipinski definition) is 4. The summed E-state index contributed by atoms with van der Waals surface area (Å²) in [6, 6.07) is 3.76. The van der Waals surface area contributed by atoms with Crippen LogP contribution in [0.3, 0.4) is 0 Å². The summed E-state index contributed by atoms with van der Waals surface area (Å²) in [4.78, 5) is 15.8. The van der Waals surface area contributed by atoms with Gasteiger partial charge in [-0.2, -0.15) is 0 Å². The van der Waals surface area contributed by atoms with Gasteiger partial charge in [-0.15, -0.1) is 0 Å². The highest BCUT2D eigenvalue weighted by Crippen LogP contribution is 2.28. The van der Waals surface area contributed by atoms with E-state index in [-0.39, 0.29) is 18.0 Å². The van der Waals surface area contributed by atoms with E-state index < -0.39 is 0 Å². The maximum Gasteiger partial charge on any atom is 0.308 e. The number of esters is 1. The minimum Gasteiger partial charge on any atom is -0.474 e. The van der Waals surface area contributed by atoms with Crippen LogP contribution in [0, 0.1) is 5.92 Å². The van der Waals surface area contributed by atoms with Gasteiger partial charge in [0.2, 0.25) is 5.88 Å². The normalized spacial score (nSPS) is 22.8. The molecule has 19 heavy (non-hydrogen) atoms. The number of carbonyl (C=O) groups excluding carboxylic acids is 1. The summed E-state index contributed by atoms with van der Waals surface area (Å²) in [6.07, 6.45) is 5.29. The van der Waals surface area contributed by atoms with E-state index in [1.54, 1.807) is 6.20 Å². The first-order valence-electron chi connectivity index (χ1n) is 6.64. The molecule has 1 fully saturated rings. The highest BCUT2D eigenvalue weighted by molar-refractivity contribution is 9.10.